The fourth-order valence-electron chi connectivity index (χ4n) is 5.07. The first kappa shape index (κ1) is 51.5. The third-order valence-corrected chi connectivity index (χ3v) is 53.3. The molecule has 0 saturated carbocycles. The van der Waals surface area contributed by atoms with Gasteiger partial charge in [0.05, 0.1) is 0 Å². The van der Waals surface area contributed by atoms with Crippen molar-refractivity contribution in [2.45, 2.75) is 154 Å². The molecule has 0 atom stereocenters. The van der Waals surface area contributed by atoms with Crippen molar-refractivity contribution in [2.24, 2.45) is 0 Å². The first-order chi connectivity index (χ1) is 21.8. The first-order valence-electron chi connectivity index (χ1n) is 18.1. The molecule has 0 aromatic carbocycles. The van der Waals surface area contributed by atoms with E-state index in [1.807, 2.05) is 0 Å². The van der Waals surface area contributed by atoms with Crippen LogP contribution in [0.25, 0.3) is 0 Å². The van der Waals surface area contributed by atoms with Crippen molar-refractivity contribution < 1.29 is 42.5 Å². The molecule has 50 heavy (non-hydrogen) atoms. The molecule has 0 heterocycles. The zero-order chi connectivity index (χ0) is 39.9. The van der Waals surface area contributed by atoms with Crippen molar-refractivity contribution in [1.82, 2.24) is 0 Å². The van der Waals surface area contributed by atoms with E-state index in [0.717, 1.165) is 11.3 Å². The Morgan fingerprint density at radius 1 is 0.480 bits per heavy atom. The second-order valence-corrected chi connectivity index (χ2v) is 68.1. The van der Waals surface area contributed by atoms with Gasteiger partial charge in [-0.25, -0.2) is 4.79 Å². The topological polar surface area (TPSA) is 100 Å². The van der Waals surface area contributed by atoms with E-state index >= 15 is 0 Å². The quantitative estimate of drug-likeness (QED) is 0.0516. The second-order valence-electron chi connectivity index (χ2n) is 20.0. The van der Waals surface area contributed by atoms with Gasteiger partial charge in [0.1, 0.15) is 19.5 Å². The summed E-state index contributed by atoms with van der Waals surface area (Å²) in [7, 11) is -26.1. The predicted molar refractivity (Wildman–Crippen MR) is 242 cm³/mol. The lowest BCUT2D eigenvalue weighted by Gasteiger charge is -2.48. The number of hydrogen-bond donors (Lipinski definition) is 0. The van der Waals surface area contributed by atoms with Gasteiger partial charge in [-0.05, 0) is 149 Å². The highest BCUT2D eigenvalue weighted by molar-refractivity contribution is 6.99. The number of esters is 1. The molecule has 0 aromatic rings. The van der Waals surface area contributed by atoms with Crippen LogP contribution in [-0.4, -0.2) is 116 Å². The van der Waals surface area contributed by atoms with E-state index in [1.165, 1.54) is 6.08 Å². The molecule has 0 N–H and O–H groups in total. The van der Waals surface area contributed by atoms with E-state index in [2.05, 4.69) is 144 Å². The molecule has 0 spiro atoms. The van der Waals surface area contributed by atoms with E-state index in [-0.39, 0.29) is 6.23 Å². The van der Waals surface area contributed by atoms with Crippen LogP contribution in [0.3, 0.4) is 0 Å². The van der Waals surface area contributed by atoms with E-state index in [1.54, 1.807) is 0 Å². The molecule has 0 aliphatic heterocycles. The molecule has 0 rings (SSSR count). The average Bonchev–Trinajstić information content (AvgIpc) is 2.74. The third-order valence-electron chi connectivity index (χ3n) is 6.36. The number of carbonyl (C=O) groups excluding carboxylic acids is 1. The average molecular weight is 912 g/mol. The minimum absolute atomic E-state index is 0.0683. The second kappa shape index (κ2) is 19.1. The van der Waals surface area contributed by atoms with Gasteiger partial charge in [-0.3, -0.25) is 0 Å². The molecule has 22 heteroatoms. The van der Waals surface area contributed by atoms with Gasteiger partial charge in [0.15, 0.2) is 72.8 Å². The fraction of sp³-hybridized carbons (Fsp3) is 0.893. The molecule has 0 fully saturated rings. The van der Waals surface area contributed by atoms with Crippen molar-refractivity contribution in [1.29, 1.82) is 0 Å². The van der Waals surface area contributed by atoms with Crippen molar-refractivity contribution in [3.63, 3.8) is 0 Å². The van der Waals surface area contributed by atoms with Gasteiger partial charge in [0.25, 0.3) is 0 Å². The van der Waals surface area contributed by atoms with Crippen LogP contribution in [0.1, 0.15) is 0 Å². The molecule has 0 radical (unpaired) electrons. The minimum atomic E-state index is -3.71. The third kappa shape index (κ3) is 25.5. The Morgan fingerprint density at radius 2 is 0.800 bits per heavy atom. The smallest absolute Gasteiger partial charge is 0.461 e. The van der Waals surface area contributed by atoms with E-state index in [4.69, 9.17) is 37.7 Å². The molecule has 0 unspecified atom stereocenters. The van der Waals surface area contributed by atoms with Crippen LogP contribution < -0.4 is 0 Å². The highest BCUT2D eigenvalue weighted by Gasteiger charge is 2.59. The zero-order valence-corrected chi connectivity index (χ0v) is 48.9. The molecule has 0 amide bonds. The molecule has 0 aliphatic rings. The van der Waals surface area contributed by atoms with Gasteiger partial charge in [-0.1, -0.05) is 6.58 Å². The number of hydrogen-bond acceptors (Lipinski definition) is 10. The molecule has 0 aromatic heterocycles. The summed E-state index contributed by atoms with van der Waals surface area (Å²) < 4.78 is 62.2. The van der Waals surface area contributed by atoms with E-state index in [0.29, 0.717) is 5.67 Å². The van der Waals surface area contributed by atoms with Crippen LogP contribution in [0, 0.1) is 0 Å². The zero-order valence-electron chi connectivity index (χ0n) is 36.1. The van der Waals surface area contributed by atoms with Crippen molar-refractivity contribution >= 4 is 110 Å². The highest BCUT2D eigenvalue weighted by atomic mass is 28.5. The summed E-state index contributed by atoms with van der Waals surface area (Å²) in [5.74, 6) is -0.515. The van der Waals surface area contributed by atoms with E-state index < -0.39 is 110 Å². The standard InChI is InChI=1S/C28H78O10Si12/c1-23-28(29)30-24-49(36-46(17,18)25-39-31-41(2,3)4,37-47(19,20)26-40-32-42(5,6)7)38-48(21,22)27-50(33-43(8,9)10,34-44(11,12)13)35-45(14,15)16/h23H,1,24-27,39-40H2,2-22H3. The van der Waals surface area contributed by atoms with Crippen LogP contribution in [0.4, 0.5) is 0 Å². The van der Waals surface area contributed by atoms with Crippen molar-refractivity contribution in [2.75, 3.05) is 6.23 Å². The minimum Gasteiger partial charge on any atom is -0.461 e. The molecular formula is C28H78O10Si12. The summed E-state index contributed by atoms with van der Waals surface area (Å²) >= 11 is 0. The SMILES string of the molecule is C=CC(=O)OC[Si](O[Si](C)(C)C[SiH2]O[Si](C)(C)C)(O[Si](C)(C)C[SiH2]O[Si](C)(C)C)O[Si](C)(C)C[Si](O[Si](C)(C)C)(O[Si](C)(C)C)O[Si](C)(C)C. The van der Waals surface area contributed by atoms with E-state index in [9.17, 15) is 4.79 Å². The number of rotatable bonds is 25. The summed E-state index contributed by atoms with van der Waals surface area (Å²) in [6, 6.07) is 0. The largest absolute Gasteiger partial charge is 0.509 e. The Morgan fingerprint density at radius 3 is 1.08 bits per heavy atom. The van der Waals surface area contributed by atoms with Gasteiger partial charge in [0.2, 0.25) is 0 Å². The van der Waals surface area contributed by atoms with Crippen LogP contribution in [0.2, 0.25) is 154 Å². The first-order valence-corrected chi connectivity index (χ1v) is 51.5. The number of carbonyl (C=O) groups is 1. The molecule has 0 bridgehead atoms. The lowest BCUT2D eigenvalue weighted by molar-refractivity contribution is -0.137. The molecule has 298 valence electrons. The van der Waals surface area contributed by atoms with Gasteiger partial charge in [0, 0.05) is 11.7 Å². The Hall–Kier alpha value is 1.49. The maximum Gasteiger partial charge on any atom is 0.509 e. The maximum absolute atomic E-state index is 12.7. The number of ether oxygens (including phenoxy) is 1. The van der Waals surface area contributed by atoms with Crippen LogP contribution in [0.5, 0.6) is 0 Å². The van der Waals surface area contributed by atoms with Crippen molar-refractivity contribution in [3.8, 4) is 0 Å². The Bertz CT molecular complexity index is 1000. The van der Waals surface area contributed by atoms with Gasteiger partial charge < -0.3 is 37.7 Å². The summed E-state index contributed by atoms with van der Waals surface area (Å²) in [4.78, 5) is 12.7. The Kier molecular flexibility index (Phi) is 19.7. The Balaban J connectivity index is 7.31. The Labute approximate surface area is 323 Å². The molecular weight excluding hydrogens is 833 g/mol. The van der Waals surface area contributed by atoms with Gasteiger partial charge >= 0.3 is 23.6 Å². The predicted octanol–water partition coefficient (Wildman–Crippen LogP) is 7.68. The maximum atomic E-state index is 12.7. The molecule has 0 aliphatic carbocycles. The summed E-state index contributed by atoms with van der Waals surface area (Å²) in [6.07, 6.45) is 1.13. The summed E-state index contributed by atoms with van der Waals surface area (Å²) in [5, 5.41) is 0. The fourth-order valence-corrected chi connectivity index (χ4v) is 52.7. The summed E-state index contributed by atoms with van der Waals surface area (Å²) in [6.45, 7) is 50.1. The van der Waals surface area contributed by atoms with Crippen LogP contribution in [0.15, 0.2) is 12.7 Å². The monoisotopic (exact) mass is 910 g/mol. The van der Waals surface area contributed by atoms with Crippen molar-refractivity contribution in [3.05, 3.63) is 12.7 Å². The molecule has 0 saturated heterocycles. The summed E-state index contributed by atoms with van der Waals surface area (Å²) in [5.41, 5.74) is 2.36. The normalized spacial score (nSPS) is 16.4. The van der Waals surface area contributed by atoms with Gasteiger partial charge in [-0.15, -0.1) is 0 Å². The lowest BCUT2D eigenvalue weighted by Crippen LogP contribution is -2.68. The van der Waals surface area contributed by atoms with Crippen LogP contribution in [-0.2, 0) is 42.5 Å². The van der Waals surface area contributed by atoms with Gasteiger partial charge in [-0.2, -0.15) is 0 Å². The van der Waals surface area contributed by atoms with Crippen LogP contribution >= 0.6 is 0 Å². The lowest BCUT2D eigenvalue weighted by atomic mass is 10.7. The molecule has 10 nitrogen and oxygen atoms in total. The highest BCUT2D eigenvalue weighted by Crippen LogP contribution is 2.36.